The van der Waals surface area contributed by atoms with Gasteiger partial charge in [0, 0.05) is 12.3 Å². The summed E-state index contributed by atoms with van der Waals surface area (Å²) in [4.78, 5) is 0.0510. The molecule has 0 aliphatic carbocycles. The Hall–Kier alpha value is -2.10. The van der Waals surface area contributed by atoms with Crippen molar-refractivity contribution in [1.29, 1.82) is 0 Å². The van der Waals surface area contributed by atoms with Gasteiger partial charge in [-0.2, -0.15) is 0 Å². The van der Waals surface area contributed by atoms with E-state index in [0.29, 0.717) is 30.3 Å². The van der Waals surface area contributed by atoms with E-state index in [4.69, 9.17) is 9.47 Å². The molecule has 0 heterocycles. The Balaban J connectivity index is 2.25. The highest BCUT2D eigenvalue weighted by Crippen LogP contribution is 2.31. The predicted octanol–water partition coefficient (Wildman–Crippen LogP) is 2.93. The summed E-state index contributed by atoms with van der Waals surface area (Å²) in [6, 6.07) is 9.83. The van der Waals surface area contributed by atoms with Crippen LogP contribution in [0.25, 0.3) is 0 Å². The molecule has 0 saturated carbocycles. The minimum atomic E-state index is -3.83. The lowest BCUT2D eigenvalue weighted by Crippen LogP contribution is -2.27. The molecule has 0 aliphatic heterocycles. The van der Waals surface area contributed by atoms with E-state index in [1.807, 2.05) is 13.8 Å². The van der Waals surface area contributed by atoms with Crippen molar-refractivity contribution >= 4 is 19.9 Å². The standard InChI is InChI=1S/C19H25NO6S2/c1-5-25-18-12-7-15(13-19(18)26-6-2)14(3)20-28(23,24)17-10-8-16(9-11-17)27(4,21)22/h7-14,20H,5-6H2,1-4H3. The molecule has 28 heavy (non-hydrogen) atoms. The molecule has 1 N–H and O–H groups in total. The summed E-state index contributed by atoms with van der Waals surface area (Å²) in [7, 11) is -7.22. The smallest absolute Gasteiger partial charge is 0.241 e. The zero-order chi connectivity index (χ0) is 20.9. The Morgan fingerprint density at radius 3 is 1.93 bits per heavy atom. The van der Waals surface area contributed by atoms with Crippen LogP contribution in [0.2, 0.25) is 0 Å². The fourth-order valence-corrected chi connectivity index (χ4v) is 4.43. The number of nitrogens with one attached hydrogen (secondary N) is 1. The van der Waals surface area contributed by atoms with Crippen LogP contribution in [0.5, 0.6) is 11.5 Å². The molecule has 0 amide bonds. The van der Waals surface area contributed by atoms with Gasteiger partial charge in [0.15, 0.2) is 21.3 Å². The lowest BCUT2D eigenvalue weighted by molar-refractivity contribution is 0.287. The Morgan fingerprint density at radius 1 is 0.857 bits per heavy atom. The zero-order valence-corrected chi connectivity index (χ0v) is 17.9. The van der Waals surface area contributed by atoms with Crippen LogP contribution >= 0.6 is 0 Å². The van der Waals surface area contributed by atoms with Gasteiger partial charge in [0.25, 0.3) is 0 Å². The highest BCUT2D eigenvalue weighted by atomic mass is 32.2. The van der Waals surface area contributed by atoms with E-state index in [9.17, 15) is 16.8 Å². The maximum absolute atomic E-state index is 12.6. The van der Waals surface area contributed by atoms with E-state index >= 15 is 0 Å². The molecule has 1 atom stereocenters. The third-order valence-electron chi connectivity index (χ3n) is 3.96. The average Bonchev–Trinajstić information content (AvgIpc) is 2.62. The molecule has 0 aromatic heterocycles. The summed E-state index contributed by atoms with van der Waals surface area (Å²) in [6.07, 6.45) is 1.07. The average molecular weight is 428 g/mol. The molecular formula is C19H25NO6S2. The van der Waals surface area contributed by atoms with Crippen molar-refractivity contribution in [2.45, 2.75) is 36.6 Å². The molecule has 2 rings (SSSR count). The van der Waals surface area contributed by atoms with E-state index in [1.165, 1.54) is 24.3 Å². The summed E-state index contributed by atoms with van der Waals surface area (Å²) in [5.41, 5.74) is 0.711. The van der Waals surface area contributed by atoms with Gasteiger partial charge in [-0.25, -0.2) is 21.6 Å². The van der Waals surface area contributed by atoms with Gasteiger partial charge in [-0.05, 0) is 62.7 Å². The normalized spacial score (nSPS) is 13.1. The molecule has 9 heteroatoms. The maximum Gasteiger partial charge on any atom is 0.241 e. The molecule has 2 aromatic carbocycles. The van der Waals surface area contributed by atoms with E-state index in [-0.39, 0.29) is 9.79 Å². The van der Waals surface area contributed by atoms with Crippen molar-refractivity contribution in [1.82, 2.24) is 4.72 Å². The van der Waals surface area contributed by atoms with Crippen molar-refractivity contribution in [3.05, 3.63) is 48.0 Å². The third-order valence-corrected chi connectivity index (χ3v) is 6.65. The van der Waals surface area contributed by atoms with Crippen molar-refractivity contribution < 1.29 is 26.3 Å². The molecule has 2 aromatic rings. The van der Waals surface area contributed by atoms with Crippen molar-refractivity contribution in [2.75, 3.05) is 19.5 Å². The van der Waals surface area contributed by atoms with E-state index in [1.54, 1.807) is 25.1 Å². The quantitative estimate of drug-likeness (QED) is 0.661. The summed E-state index contributed by atoms with van der Waals surface area (Å²) in [6.45, 7) is 6.39. The number of hydrogen-bond acceptors (Lipinski definition) is 6. The number of ether oxygens (including phenoxy) is 2. The van der Waals surface area contributed by atoms with Gasteiger partial charge in [0.1, 0.15) is 0 Å². The molecule has 154 valence electrons. The SMILES string of the molecule is CCOc1ccc(C(C)NS(=O)(=O)c2ccc(S(C)(=O)=O)cc2)cc1OCC. The summed E-state index contributed by atoms with van der Waals surface area (Å²) >= 11 is 0. The number of benzene rings is 2. The Morgan fingerprint density at radius 2 is 1.39 bits per heavy atom. The second-order valence-corrected chi connectivity index (χ2v) is 9.89. The first-order valence-electron chi connectivity index (χ1n) is 8.80. The van der Waals surface area contributed by atoms with Crippen molar-refractivity contribution in [3.63, 3.8) is 0 Å². The molecule has 0 radical (unpaired) electrons. The molecule has 7 nitrogen and oxygen atoms in total. The second-order valence-electron chi connectivity index (χ2n) is 6.16. The lowest BCUT2D eigenvalue weighted by atomic mass is 10.1. The first kappa shape index (κ1) is 22.2. The molecule has 0 spiro atoms. The van der Waals surface area contributed by atoms with E-state index < -0.39 is 25.9 Å². The van der Waals surface area contributed by atoms with Gasteiger partial charge in [0.2, 0.25) is 10.0 Å². The fourth-order valence-electron chi connectivity index (χ4n) is 2.57. The number of rotatable bonds is 9. The monoisotopic (exact) mass is 427 g/mol. The van der Waals surface area contributed by atoms with Gasteiger partial charge < -0.3 is 9.47 Å². The van der Waals surface area contributed by atoms with Crippen molar-refractivity contribution in [3.8, 4) is 11.5 Å². The van der Waals surface area contributed by atoms with Gasteiger partial charge in [-0.15, -0.1) is 0 Å². The Kier molecular flexibility index (Phi) is 7.08. The van der Waals surface area contributed by atoms with Gasteiger partial charge in [-0.1, -0.05) is 6.07 Å². The number of hydrogen-bond donors (Lipinski definition) is 1. The van der Waals surface area contributed by atoms with Gasteiger partial charge >= 0.3 is 0 Å². The van der Waals surface area contributed by atoms with Crippen molar-refractivity contribution in [2.24, 2.45) is 0 Å². The number of sulfonamides is 1. The second kappa shape index (κ2) is 8.93. The zero-order valence-electron chi connectivity index (χ0n) is 16.3. The van der Waals surface area contributed by atoms with Crippen LogP contribution in [0.4, 0.5) is 0 Å². The lowest BCUT2D eigenvalue weighted by Gasteiger charge is -2.17. The summed E-state index contributed by atoms with van der Waals surface area (Å²) in [5, 5.41) is 0. The van der Waals surface area contributed by atoms with Crippen LogP contribution in [0.3, 0.4) is 0 Å². The molecule has 0 fully saturated rings. The summed E-state index contributed by atoms with van der Waals surface area (Å²) < 4.78 is 62.0. The molecule has 0 saturated heterocycles. The Bertz CT molecular complexity index is 1010. The Labute approximate surface area is 166 Å². The van der Waals surface area contributed by atoms with Crippen LogP contribution in [0, 0.1) is 0 Å². The summed E-state index contributed by atoms with van der Waals surface area (Å²) in [5.74, 6) is 1.14. The van der Waals surface area contributed by atoms with E-state index in [2.05, 4.69) is 4.72 Å². The largest absolute Gasteiger partial charge is 0.490 e. The minimum Gasteiger partial charge on any atom is -0.490 e. The van der Waals surface area contributed by atoms with Crippen LogP contribution < -0.4 is 14.2 Å². The topological polar surface area (TPSA) is 98.8 Å². The van der Waals surface area contributed by atoms with Crippen LogP contribution in [0.1, 0.15) is 32.4 Å². The van der Waals surface area contributed by atoms with Gasteiger partial charge in [-0.3, -0.25) is 0 Å². The highest BCUT2D eigenvalue weighted by molar-refractivity contribution is 7.90. The first-order chi connectivity index (χ1) is 13.1. The predicted molar refractivity (Wildman–Crippen MR) is 107 cm³/mol. The van der Waals surface area contributed by atoms with E-state index in [0.717, 1.165) is 6.26 Å². The maximum atomic E-state index is 12.6. The highest BCUT2D eigenvalue weighted by Gasteiger charge is 2.20. The fraction of sp³-hybridized carbons (Fsp3) is 0.368. The molecule has 0 aliphatic rings. The molecule has 0 bridgehead atoms. The molecular weight excluding hydrogens is 402 g/mol. The minimum absolute atomic E-state index is 0.0114. The first-order valence-corrected chi connectivity index (χ1v) is 12.2. The third kappa shape index (κ3) is 5.46. The van der Waals surface area contributed by atoms with Gasteiger partial charge in [0.05, 0.1) is 23.0 Å². The number of sulfone groups is 1. The van der Waals surface area contributed by atoms with Crippen LogP contribution in [0.15, 0.2) is 52.3 Å². The van der Waals surface area contributed by atoms with Crippen LogP contribution in [-0.4, -0.2) is 36.3 Å². The molecule has 1 unspecified atom stereocenters. The van der Waals surface area contributed by atoms with Crippen LogP contribution in [-0.2, 0) is 19.9 Å².